The van der Waals surface area contributed by atoms with Crippen molar-refractivity contribution in [2.24, 2.45) is 0 Å². The number of halogens is 6. The second-order valence-electron chi connectivity index (χ2n) is 13.1. The number of aromatic nitrogens is 2. The van der Waals surface area contributed by atoms with Gasteiger partial charge in [-0.25, -0.2) is 8.78 Å². The highest BCUT2D eigenvalue weighted by Crippen LogP contribution is 2.44. The quantitative estimate of drug-likeness (QED) is 0.183. The number of piperazine rings is 1. The minimum absolute atomic E-state index is 0.0161. The first-order chi connectivity index (χ1) is 23.9. The zero-order valence-corrected chi connectivity index (χ0v) is 27.7. The number of ether oxygens (including phenoxy) is 1. The van der Waals surface area contributed by atoms with Gasteiger partial charge in [-0.15, -0.1) is 6.42 Å². The van der Waals surface area contributed by atoms with E-state index in [-0.39, 0.29) is 57.7 Å². The summed E-state index contributed by atoms with van der Waals surface area (Å²) in [6, 6.07) is 8.56. The maximum Gasteiger partial charge on any atom is 0.471 e. The van der Waals surface area contributed by atoms with Crippen molar-refractivity contribution < 1.29 is 36.6 Å². The van der Waals surface area contributed by atoms with Gasteiger partial charge in [-0.3, -0.25) is 9.69 Å². The van der Waals surface area contributed by atoms with Crippen LogP contribution in [0.2, 0.25) is 5.02 Å². The Kier molecular flexibility index (Phi) is 8.89. The van der Waals surface area contributed by atoms with Gasteiger partial charge in [-0.05, 0) is 73.9 Å². The number of hydrogen-bond donors (Lipinski definition) is 1. The van der Waals surface area contributed by atoms with Gasteiger partial charge in [0.15, 0.2) is 5.82 Å². The summed E-state index contributed by atoms with van der Waals surface area (Å²) in [5, 5.41) is 11.7. The Labute approximate surface area is 289 Å². The first-order valence-corrected chi connectivity index (χ1v) is 16.7. The Morgan fingerprint density at radius 2 is 1.82 bits per heavy atom. The number of carbonyl (C=O) groups is 1. The molecule has 0 radical (unpaired) electrons. The van der Waals surface area contributed by atoms with Gasteiger partial charge >= 0.3 is 18.1 Å². The minimum Gasteiger partial charge on any atom is -0.508 e. The number of amides is 1. The zero-order chi connectivity index (χ0) is 35.5. The van der Waals surface area contributed by atoms with E-state index in [1.807, 2.05) is 0 Å². The van der Waals surface area contributed by atoms with E-state index < -0.39 is 36.2 Å². The van der Waals surface area contributed by atoms with E-state index in [0.717, 1.165) is 17.9 Å². The Morgan fingerprint density at radius 3 is 2.48 bits per heavy atom. The van der Waals surface area contributed by atoms with Gasteiger partial charge in [-0.2, -0.15) is 23.1 Å². The summed E-state index contributed by atoms with van der Waals surface area (Å²) in [6.45, 7) is 1.96. The molecule has 3 aromatic carbocycles. The maximum atomic E-state index is 16.5. The molecule has 4 saturated heterocycles. The number of aromatic hydroxyl groups is 1. The fourth-order valence-corrected chi connectivity index (χ4v) is 8.34. The van der Waals surface area contributed by atoms with Crippen LogP contribution >= 0.6 is 11.6 Å². The second-order valence-corrected chi connectivity index (χ2v) is 13.6. The standard InChI is InChI=1S/C29H21ClF4N4O3.C7H12FN/c1-3-14-5-4-6-15-9-18(39)10-19(22(14)15)23-21(30)11-20-25(24(23)31)35-28(41-2)36-26(20)37-12-16-7-8-17(13-37)38(16)27(40)29(32,33)34;8-6-4-7-2-1-3-9(7)5-6/h1,4-6,9-11,16-17,39H,7-8,12-13H2,2H3;6-7H,1-5H2. The van der Waals surface area contributed by atoms with E-state index in [2.05, 4.69) is 20.8 Å². The molecule has 8 rings (SSSR count). The summed E-state index contributed by atoms with van der Waals surface area (Å²) in [7, 11) is 1.31. The average Bonchev–Trinajstić information content (AvgIpc) is 3.74. The summed E-state index contributed by atoms with van der Waals surface area (Å²) >= 11 is 6.70. The molecule has 262 valence electrons. The number of methoxy groups -OCH3 is 1. The third kappa shape index (κ3) is 6.02. The number of alkyl halides is 4. The minimum atomic E-state index is -4.98. The van der Waals surface area contributed by atoms with Crippen LogP contribution in [0.1, 0.15) is 37.7 Å². The fraction of sp³-hybridized carbons (Fsp3) is 0.417. The number of phenols is 1. The van der Waals surface area contributed by atoms with Crippen LogP contribution in [0.15, 0.2) is 36.4 Å². The van der Waals surface area contributed by atoms with Crippen molar-refractivity contribution in [3.63, 3.8) is 0 Å². The summed E-state index contributed by atoms with van der Waals surface area (Å²) in [5.41, 5.74) is 0.544. The molecule has 8 nitrogen and oxygen atoms in total. The number of nitrogens with zero attached hydrogens (tertiary/aromatic N) is 5. The molecule has 4 unspecified atom stereocenters. The molecular weight excluding hydrogens is 681 g/mol. The average molecular weight is 714 g/mol. The largest absolute Gasteiger partial charge is 0.508 e. The molecule has 0 spiro atoms. The van der Waals surface area contributed by atoms with Crippen LogP contribution in [0.4, 0.5) is 27.8 Å². The van der Waals surface area contributed by atoms with Crippen molar-refractivity contribution >= 4 is 45.0 Å². The van der Waals surface area contributed by atoms with Crippen molar-refractivity contribution in [2.45, 2.75) is 62.6 Å². The summed E-state index contributed by atoms with van der Waals surface area (Å²) in [6.07, 6.45) is 4.34. The topological polar surface area (TPSA) is 82.0 Å². The Bertz CT molecular complexity index is 2010. The van der Waals surface area contributed by atoms with E-state index in [1.165, 1.54) is 38.2 Å². The number of rotatable bonds is 3. The molecule has 0 saturated carbocycles. The Morgan fingerprint density at radius 1 is 1.08 bits per heavy atom. The summed E-state index contributed by atoms with van der Waals surface area (Å²) < 4.78 is 74.1. The van der Waals surface area contributed by atoms with Gasteiger partial charge in [0.1, 0.15) is 23.3 Å². The molecule has 4 aliphatic rings. The van der Waals surface area contributed by atoms with Crippen LogP contribution in [0, 0.1) is 18.2 Å². The molecule has 50 heavy (non-hydrogen) atoms. The lowest BCUT2D eigenvalue weighted by Gasteiger charge is -2.42. The highest BCUT2D eigenvalue weighted by Gasteiger charge is 2.52. The van der Waals surface area contributed by atoms with E-state index in [9.17, 15) is 27.5 Å². The number of hydrogen-bond acceptors (Lipinski definition) is 7. The number of phenolic OH excluding ortho intramolecular Hbond substituents is 1. The van der Waals surface area contributed by atoms with Gasteiger partial charge < -0.3 is 19.6 Å². The predicted molar refractivity (Wildman–Crippen MR) is 180 cm³/mol. The molecule has 1 aromatic heterocycles. The fourth-order valence-electron chi connectivity index (χ4n) is 8.05. The highest BCUT2D eigenvalue weighted by atomic mass is 35.5. The van der Waals surface area contributed by atoms with Crippen LogP contribution in [0.3, 0.4) is 0 Å². The van der Waals surface area contributed by atoms with Crippen LogP contribution in [0.5, 0.6) is 11.8 Å². The lowest BCUT2D eigenvalue weighted by atomic mass is 9.93. The number of terminal acetylenes is 1. The van der Waals surface area contributed by atoms with E-state index in [0.29, 0.717) is 41.8 Å². The molecule has 1 N–H and O–H groups in total. The van der Waals surface area contributed by atoms with E-state index in [1.54, 1.807) is 23.1 Å². The maximum absolute atomic E-state index is 16.5. The van der Waals surface area contributed by atoms with Crippen molar-refractivity contribution in [3.05, 3.63) is 52.8 Å². The number of benzene rings is 3. The predicted octanol–water partition coefficient (Wildman–Crippen LogP) is 6.87. The molecule has 5 heterocycles. The highest BCUT2D eigenvalue weighted by molar-refractivity contribution is 6.35. The number of carbonyl (C=O) groups excluding carboxylic acids is 1. The van der Waals surface area contributed by atoms with Crippen LogP contribution in [-0.4, -0.2) is 94.5 Å². The molecular formula is C36H33ClF5N5O3. The van der Waals surface area contributed by atoms with Gasteiger partial charge in [0, 0.05) is 47.6 Å². The van der Waals surface area contributed by atoms with Gasteiger partial charge in [0.2, 0.25) is 0 Å². The van der Waals surface area contributed by atoms with Crippen LogP contribution < -0.4 is 9.64 Å². The molecule has 1 amide bonds. The smallest absolute Gasteiger partial charge is 0.471 e. The zero-order valence-electron chi connectivity index (χ0n) is 27.0. The Hall–Kier alpha value is -4.41. The van der Waals surface area contributed by atoms with Crippen molar-refractivity contribution in [1.82, 2.24) is 19.8 Å². The van der Waals surface area contributed by atoms with Crippen LogP contribution in [-0.2, 0) is 4.79 Å². The SMILES string of the molecule is C#Cc1cccc2cc(O)cc(-c3c(Cl)cc4c(N5CC6CCC(C5)N6C(=O)C(F)(F)F)nc(OC)nc4c3F)c12.FC1CC2CCCN2C1. The molecule has 4 fully saturated rings. The molecule has 14 heteroatoms. The van der Waals surface area contributed by atoms with Gasteiger partial charge in [0.05, 0.1) is 24.2 Å². The third-order valence-electron chi connectivity index (χ3n) is 10.1. The molecule has 4 aromatic rings. The first-order valence-electron chi connectivity index (χ1n) is 16.4. The summed E-state index contributed by atoms with van der Waals surface area (Å²) in [5.74, 6) is 0.000211. The summed E-state index contributed by atoms with van der Waals surface area (Å²) in [4.78, 5) is 25.6. The lowest BCUT2D eigenvalue weighted by molar-refractivity contribution is -0.188. The van der Waals surface area contributed by atoms with E-state index >= 15 is 4.39 Å². The van der Waals surface area contributed by atoms with Gasteiger partial charge in [0.25, 0.3) is 0 Å². The van der Waals surface area contributed by atoms with Crippen molar-refractivity contribution in [1.29, 1.82) is 0 Å². The second kappa shape index (κ2) is 13.0. The lowest BCUT2D eigenvalue weighted by Crippen LogP contribution is -2.59. The van der Waals surface area contributed by atoms with Crippen LogP contribution in [0.25, 0.3) is 32.8 Å². The first kappa shape index (κ1) is 34.1. The monoisotopic (exact) mass is 713 g/mol. The third-order valence-corrected chi connectivity index (χ3v) is 10.4. The number of anilines is 1. The molecule has 0 aliphatic carbocycles. The molecule has 4 atom stereocenters. The number of fused-ring (bicyclic) bond motifs is 5. The normalized spacial score (nSPS) is 23.2. The Balaban J connectivity index is 0.000000375. The van der Waals surface area contributed by atoms with E-state index in [4.69, 9.17) is 22.8 Å². The molecule has 2 bridgehead atoms. The van der Waals surface area contributed by atoms with Crippen molar-refractivity contribution in [3.8, 4) is 35.2 Å². The van der Waals surface area contributed by atoms with Gasteiger partial charge in [-0.1, -0.05) is 29.7 Å². The molecule has 4 aliphatic heterocycles. The van der Waals surface area contributed by atoms with Crippen molar-refractivity contribution in [2.75, 3.05) is 38.2 Å².